The lowest BCUT2D eigenvalue weighted by Crippen LogP contribution is -2.33. The van der Waals surface area contributed by atoms with E-state index in [2.05, 4.69) is 18.3 Å². The average Bonchev–Trinajstić information content (AvgIpc) is 3.35. The number of hydrogen-bond donors (Lipinski definition) is 1. The van der Waals surface area contributed by atoms with Crippen LogP contribution in [0.4, 0.5) is 11.4 Å². The van der Waals surface area contributed by atoms with Crippen LogP contribution >= 0.6 is 11.6 Å². The van der Waals surface area contributed by atoms with Crippen molar-refractivity contribution < 1.29 is 14.4 Å². The van der Waals surface area contributed by atoms with E-state index in [1.807, 2.05) is 13.0 Å². The Hall–Kier alpha value is -2.92. The van der Waals surface area contributed by atoms with Crippen molar-refractivity contribution in [3.05, 3.63) is 70.3 Å². The van der Waals surface area contributed by atoms with E-state index in [0.29, 0.717) is 22.0 Å². The molecule has 1 saturated heterocycles. The molecule has 3 aliphatic rings. The highest BCUT2D eigenvalue weighted by Gasteiger charge is 2.60. The molecular weight excluding hydrogens is 400 g/mol. The number of imide groups is 1. The number of fused-ring (bicyclic) bond motifs is 5. The van der Waals surface area contributed by atoms with Gasteiger partial charge in [0, 0.05) is 16.3 Å². The van der Waals surface area contributed by atoms with Gasteiger partial charge in [-0.1, -0.05) is 29.3 Å². The molecule has 0 spiro atoms. The van der Waals surface area contributed by atoms with Gasteiger partial charge in [0.1, 0.15) is 0 Å². The second-order valence-electron chi connectivity index (χ2n) is 8.44. The van der Waals surface area contributed by atoms with Crippen LogP contribution in [-0.2, 0) is 9.59 Å². The lowest BCUT2D eigenvalue weighted by Gasteiger charge is -2.19. The number of allylic oxidation sites excluding steroid dienone is 2. The van der Waals surface area contributed by atoms with Crippen molar-refractivity contribution in [2.24, 2.45) is 23.7 Å². The van der Waals surface area contributed by atoms with Crippen molar-refractivity contribution in [3.8, 4) is 0 Å². The van der Waals surface area contributed by atoms with Crippen LogP contribution in [0.25, 0.3) is 0 Å². The van der Waals surface area contributed by atoms with E-state index in [4.69, 9.17) is 11.6 Å². The van der Waals surface area contributed by atoms with E-state index in [1.165, 1.54) is 10.5 Å². The predicted molar refractivity (Wildman–Crippen MR) is 115 cm³/mol. The Balaban J connectivity index is 1.36. The highest BCUT2D eigenvalue weighted by atomic mass is 35.5. The molecule has 1 N–H and O–H groups in total. The highest BCUT2D eigenvalue weighted by Crippen LogP contribution is 2.55. The molecule has 1 heterocycles. The van der Waals surface area contributed by atoms with Gasteiger partial charge in [0.25, 0.3) is 5.91 Å². The van der Waals surface area contributed by atoms with Crippen LogP contribution in [-0.4, -0.2) is 17.7 Å². The molecule has 1 aliphatic heterocycles. The van der Waals surface area contributed by atoms with Crippen molar-refractivity contribution in [3.63, 3.8) is 0 Å². The summed E-state index contributed by atoms with van der Waals surface area (Å²) >= 11 is 6.02. The summed E-state index contributed by atoms with van der Waals surface area (Å²) < 4.78 is 0. The minimum Gasteiger partial charge on any atom is -0.322 e. The smallest absolute Gasteiger partial charge is 0.255 e. The number of rotatable bonds is 3. The third-order valence-electron chi connectivity index (χ3n) is 6.72. The number of aryl methyl sites for hydroxylation is 1. The summed E-state index contributed by atoms with van der Waals surface area (Å²) in [6, 6.07) is 11.9. The topological polar surface area (TPSA) is 66.5 Å². The summed E-state index contributed by atoms with van der Waals surface area (Å²) in [5.74, 6) is -0.619. The fraction of sp³-hybridized carbons (Fsp3) is 0.292. The average molecular weight is 421 g/mol. The fourth-order valence-corrected chi connectivity index (χ4v) is 5.39. The summed E-state index contributed by atoms with van der Waals surface area (Å²) in [6.07, 6.45) is 3.07. The van der Waals surface area contributed by atoms with Crippen LogP contribution in [0.15, 0.2) is 54.1 Å². The van der Waals surface area contributed by atoms with Gasteiger partial charge in [0.2, 0.25) is 11.8 Å². The van der Waals surface area contributed by atoms with Crippen molar-refractivity contribution in [2.75, 3.05) is 10.2 Å². The summed E-state index contributed by atoms with van der Waals surface area (Å²) in [6.45, 7) is 3.94. The lowest BCUT2D eigenvalue weighted by atomic mass is 9.82. The van der Waals surface area contributed by atoms with Crippen LogP contribution in [0.2, 0.25) is 5.02 Å². The molecule has 5 nitrogen and oxygen atoms in total. The number of hydrogen-bond acceptors (Lipinski definition) is 3. The van der Waals surface area contributed by atoms with Crippen LogP contribution < -0.4 is 10.2 Å². The number of anilines is 2. The van der Waals surface area contributed by atoms with Crippen LogP contribution in [0.1, 0.15) is 29.3 Å². The molecular formula is C24H21ClN2O3. The van der Waals surface area contributed by atoms with Gasteiger partial charge in [-0.15, -0.1) is 0 Å². The van der Waals surface area contributed by atoms with Gasteiger partial charge >= 0.3 is 0 Å². The molecule has 2 fully saturated rings. The van der Waals surface area contributed by atoms with E-state index < -0.39 is 0 Å². The first-order valence-electron chi connectivity index (χ1n) is 10.1. The Morgan fingerprint density at radius 2 is 1.73 bits per heavy atom. The maximum Gasteiger partial charge on any atom is 0.255 e. The zero-order chi connectivity index (χ0) is 21.2. The molecule has 3 amide bonds. The van der Waals surface area contributed by atoms with E-state index in [1.54, 1.807) is 36.4 Å². The number of carbonyl (C=O) groups is 3. The Morgan fingerprint density at radius 1 is 1.03 bits per heavy atom. The van der Waals surface area contributed by atoms with Gasteiger partial charge in [-0.2, -0.15) is 0 Å². The van der Waals surface area contributed by atoms with E-state index in [0.717, 1.165) is 12.0 Å². The zero-order valence-electron chi connectivity index (χ0n) is 16.7. The Labute approximate surface area is 179 Å². The number of amides is 3. The fourth-order valence-electron chi connectivity index (χ4n) is 5.21. The van der Waals surface area contributed by atoms with Gasteiger partial charge in [-0.25, -0.2) is 0 Å². The molecule has 2 aromatic carbocycles. The molecule has 152 valence electrons. The Morgan fingerprint density at radius 3 is 2.47 bits per heavy atom. The quantitative estimate of drug-likeness (QED) is 0.582. The van der Waals surface area contributed by atoms with E-state index in [-0.39, 0.29) is 41.4 Å². The Kier molecular flexibility index (Phi) is 4.33. The third kappa shape index (κ3) is 2.80. The minimum absolute atomic E-state index is 0.114. The third-order valence-corrected chi connectivity index (χ3v) is 6.95. The maximum atomic E-state index is 13.0. The standard InChI is InChI=1S/C24H21ClN2O3/c1-12-3-6-16(25)11-19(12)26-22(28)14-4-7-17(8-5-14)27-23(29)20-15-9-13(2)18(10-15)21(20)24(27)30/h3-9,11,15,18,20-21H,10H2,1-2H3,(H,26,28)/t15-,18-,20-,21+/m1/s1. The number of carbonyl (C=O) groups excluding carboxylic acids is 3. The second kappa shape index (κ2) is 6.81. The molecule has 0 radical (unpaired) electrons. The normalized spacial score (nSPS) is 26.8. The van der Waals surface area contributed by atoms with Gasteiger partial charge in [-0.3, -0.25) is 19.3 Å². The second-order valence-corrected chi connectivity index (χ2v) is 8.88. The first-order valence-corrected chi connectivity index (χ1v) is 10.5. The summed E-state index contributed by atoms with van der Waals surface area (Å²) in [5.41, 5.74) is 3.74. The predicted octanol–water partition coefficient (Wildman–Crippen LogP) is 4.60. The highest BCUT2D eigenvalue weighted by molar-refractivity contribution is 6.31. The maximum absolute atomic E-state index is 13.0. The first kappa shape index (κ1) is 19.1. The molecule has 6 heteroatoms. The van der Waals surface area contributed by atoms with Gasteiger partial charge in [0.15, 0.2) is 0 Å². The number of halogens is 1. The van der Waals surface area contributed by atoms with Crippen molar-refractivity contribution >= 4 is 40.7 Å². The first-order chi connectivity index (χ1) is 14.3. The van der Waals surface area contributed by atoms with Crippen molar-refractivity contribution in [1.29, 1.82) is 0 Å². The largest absolute Gasteiger partial charge is 0.322 e. The van der Waals surface area contributed by atoms with Crippen molar-refractivity contribution in [2.45, 2.75) is 20.3 Å². The number of nitrogens with one attached hydrogen (secondary N) is 1. The van der Waals surface area contributed by atoms with Crippen LogP contribution in [0, 0.1) is 30.6 Å². The summed E-state index contributed by atoms with van der Waals surface area (Å²) in [7, 11) is 0. The van der Waals surface area contributed by atoms with E-state index >= 15 is 0 Å². The zero-order valence-corrected chi connectivity index (χ0v) is 17.4. The molecule has 2 bridgehead atoms. The lowest BCUT2D eigenvalue weighted by molar-refractivity contribution is -0.123. The molecule has 0 aromatic heterocycles. The van der Waals surface area contributed by atoms with E-state index in [9.17, 15) is 14.4 Å². The van der Waals surface area contributed by atoms with Crippen LogP contribution in [0.3, 0.4) is 0 Å². The number of nitrogens with zero attached hydrogens (tertiary/aromatic N) is 1. The van der Waals surface area contributed by atoms with Gasteiger partial charge in [0.05, 0.1) is 17.5 Å². The molecule has 1 saturated carbocycles. The number of benzene rings is 2. The molecule has 2 aliphatic carbocycles. The molecule has 4 atom stereocenters. The van der Waals surface area contributed by atoms with Gasteiger partial charge < -0.3 is 5.32 Å². The molecule has 2 aromatic rings. The monoisotopic (exact) mass is 420 g/mol. The Bertz CT molecular complexity index is 1120. The van der Waals surface area contributed by atoms with Gasteiger partial charge in [-0.05, 0) is 74.1 Å². The van der Waals surface area contributed by atoms with Crippen LogP contribution in [0.5, 0.6) is 0 Å². The summed E-state index contributed by atoms with van der Waals surface area (Å²) in [5, 5.41) is 3.40. The molecule has 0 unspecified atom stereocenters. The molecule has 30 heavy (non-hydrogen) atoms. The minimum atomic E-state index is -0.277. The SMILES string of the molecule is CC1=C[C@@H]2C[C@H]1[C@@H]1C(=O)N(c3ccc(C(=O)Nc4cc(Cl)ccc4C)cc3)C(=O)[C@@H]12. The van der Waals surface area contributed by atoms with Crippen molar-refractivity contribution in [1.82, 2.24) is 0 Å². The molecule has 5 rings (SSSR count). The summed E-state index contributed by atoms with van der Waals surface area (Å²) in [4.78, 5) is 40.0.